The van der Waals surface area contributed by atoms with Crippen molar-refractivity contribution in [2.45, 2.75) is 58.4 Å². The molecule has 94 valence electrons. The third-order valence-electron chi connectivity index (χ3n) is 3.87. The lowest BCUT2D eigenvalue weighted by atomic mass is 9.88. The van der Waals surface area contributed by atoms with E-state index < -0.39 is 11.4 Å². The average molecular weight is 227 g/mol. The van der Waals surface area contributed by atoms with Crippen molar-refractivity contribution < 1.29 is 9.90 Å². The second-order valence-electron chi connectivity index (χ2n) is 5.71. The number of hydrogen-bond donors (Lipinski definition) is 1. The van der Waals surface area contributed by atoms with E-state index in [9.17, 15) is 4.79 Å². The van der Waals surface area contributed by atoms with E-state index in [2.05, 4.69) is 11.9 Å². The van der Waals surface area contributed by atoms with Crippen molar-refractivity contribution in [3.05, 3.63) is 0 Å². The number of carboxylic acids is 1. The van der Waals surface area contributed by atoms with Crippen molar-refractivity contribution in [3.63, 3.8) is 0 Å². The summed E-state index contributed by atoms with van der Waals surface area (Å²) in [6, 6.07) is 0.679. The second kappa shape index (κ2) is 5.67. The summed E-state index contributed by atoms with van der Waals surface area (Å²) >= 11 is 0. The molecular weight excluding hydrogens is 202 g/mol. The normalized spacial score (nSPS) is 19.0. The standard InChI is InChI=1S/C13H25NO2/c1-13(2,12(15)16)9-10-14(3)11-7-5-4-6-8-11/h11H,4-10H2,1-3H3,(H,15,16). The Morgan fingerprint density at radius 2 is 1.88 bits per heavy atom. The SMILES string of the molecule is CN(CCC(C)(C)C(=O)O)C1CCCCC1. The van der Waals surface area contributed by atoms with Crippen LogP contribution in [0.25, 0.3) is 0 Å². The van der Waals surface area contributed by atoms with E-state index in [1.165, 1.54) is 32.1 Å². The maximum Gasteiger partial charge on any atom is 0.309 e. The minimum atomic E-state index is -0.690. The number of aliphatic carboxylic acids is 1. The number of carboxylic acid groups (broad SMARTS) is 1. The molecule has 1 fully saturated rings. The molecule has 3 nitrogen and oxygen atoms in total. The molecule has 0 amide bonds. The first-order valence-electron chi connectivity index (χ1n) is 6.37. The summed E-state index contributed by atoms with van der Waals surface area (Å²) in [5.41, 5.74) is -0.594. The Bertz CT molecular complexity index is 232. The highest BCUT2D eigenvalue weighted by Crippen LogP contribution is 2.25. The van der Waals surface area contributed by atoms with Crippen molar-refractivity contribution in [1.82, 2.24) is 4.90 Å². The van der Waals surface area contributed by atoms with Gasteiger partial charge in [-0.3, -0.25) is 4.79 Å². The van der Waals surface area contributed by atoms with Gasteiger partial charge in [0.25, 0.3) is 0 Å². The first-order valence-corrected chi connectivity index (χ1v) is 6.37. The van der Waals surface area contributed by atoms with E-state index in [-0.39, 0.29) is 0 Å². The predicted molar refractivity (Wildman–Crippen MR) is 65.5 cm³/mol. The van der Waals surface area contributed by atoms with Crippen molar-refractivity contribution in [2.75, 3.05) is 13.6 Å². The molecule has 0 aromatic rings. The summed E-state index contributed by atoms with van der Waals surface area (Å²) in [5.74, 6) is -0.690. The summed E-state index contributed by atoms with van der Waals surface area (Å²) in [6.07, 6.45) is 7.32. The van der Waals surface area contributed by atoms with Gasteiger partial charge in [0.1, 0.15) is 0 Å². The number of carbonyl (C=O) groups is 1. The Labute approximate surface area is 98.8 Å². The molecule has 1 rings (SSSR count). The van der Waals surface area contributed by atoms with Crippen LogP contribution in [0, 0.1) is 5.41 Å². The van der Waals surface area contributed by atoms with Crippen LogP contribution in [-0.4, -0.2) is 35.6 Å². The first-order chi connectivity index (χ1) is 7.43. The minimum absolute atomic E-state index is 0.594. The van der Waals surface area contributed by atoms with Gasteiger partial charge in [-0.1, -0.05) is 19.3 Å². The van der Waals surface area contributed by atoms with Gasteiger partial charge in [-0.25, -0.2) is 0 Å². The molecule has 0 radical (unpaired) electrons. The Morgan fingerprint density at radius 1 is 1.31 bits per heavy atom. The van der Waals surface area contributed by atoms with Crippen molar-refractivity contribution in [3.8, 4) is 0 Å². The summed E-state index contributed by atoms with van der Waals surface area (Å²) in [7, 11) is 2.13. The van der Waals surface area contributed by atoms with Crippen LogP contribution in [0.4, 0.5) is 0 Å². The van der Waals surface area contributed by atoms with Gasteiger partial charge in [0, 0.05) is 6.04 Å². The van der Waals surface area contributed by atoms with Crippen LogP contribution in [0.3, 0.4) is 0 Å². The van der Waals surface area contributed by atoms with Crippen molar-refractivity contribution in [2.24, 2.45) is 5.41 Å². The maximum absolute atomic E-state index is 11.0. The average Bonchev–Trinajstić information content (AvgIpc) is 2.27. The zero-order chi connectivity index (χ0) is 12.2. The molecule has 0 aromatic carbocycles. The van der Waals surface area contributed by atoms with Gasteiger partial charge < -0.3 is 10.0 Å². The van der Waals surface area contributed by atoms with E-state index in [0.717, 1.165) is 13.0 Å². The number of nitrogens with zero attached hydrogens (tertiary/aromatic N) is 1. The van der Waals surface area contributed by atoms with Gasteiger partial charge in [0.2, 0.25) is 0 Å². The molecule has 16 heavy (non-hydrogen) atoms. The summed E-state index contributed by atoms with van der Waals surface area (Å²) in [5, 5.41) is 9.05. The molecule has 0 unspecified atom stereocenters. The summed E-state index contributed by atoms with van der Waals surface area (Å²) in [4.78, 5) is 13.3. The lowest BCUT2D eigenvalue weighted by molar-refractivity contribution is -0.147. The zero-order valence-corrected chi connectivity index (χ0v) is 10.8. The molecule has 0 atom stereocenters. The zero-order valence-electron chi connectivity index (χ0n) is 10.8. The molecule has 1 aliphatic rings. The molecule has 0 heterocycles. The molecule has 1 N–H and O–H groups in total. The van der Waals surface area contributed by atoms with Gasteiger partial charge in [-0.15, -0.1) is 0 Å². The molecule has 0 aliphatic heterocycles. The summed E-state index contributed by atoms with van der Waals surface area (Å²) in [6.45, 7) is 4.51. The smallest absolute Gasteiger partial charge is 0.309 e. The topological polar surface area (TPSA) is 40.5 Å². The van der Waals surface area contributed by atoms with E-state index in [4.69, 9.17) is 5.11 Å². The molecule has 0 saturated heterocycles. The molecule has 0 spiro atoms. The molecule has 3 heteroatoms. The van der Waals surface area contributed by atoms with Crippen LogP contribution < -0.4 is 0 Å². The molecule has 1 saturated carbocycles. The fraction of sp³-hybridized carbons (Fsp3) is 0.923. The van der Waals surface area contributed by atoms with Crippen molar-refractivity contribution in [1.29, 1.82) is 0 Å². The van der Waals surface area contributed by atoms with Crippen LogP contribution in [0.2, 0.25) is 0 Å². The summed E-state index contributed by atoms with van der Waals surface area (Å²) < 4.78 is 0. The third-order valence-corrected chi connectivity index (χ3v) is 3.87. The Balaban J connectivity index is 2.33. The van der Waals surface area contributed by atoms with E-state index >= 15 is 0 Å². The van der Waals surface area contributed by atoms with Crippen LogP contribution in [0.15, 0.2) is 0 Å². The largest absolute Gasteiger partial charge is 0.481 e. The van der Waals surface area contributed by atoms with E-state index in [1.54, 1.807) is 0 Å². The highest BCUT2D eigenvalue weighted by atomic mass is 16.4. The Morgan fingerprint density at radius 3 is 2.38 bits per heavy atom. The van der Waals surface area contributed by atoms with Gasteiger partial charge in [-0.05, 0) is 46.7 Å². The fourth-order valence-electron chi connectivity index (χ4n) is 2.27. The van der Waals surface area contributed by atoms with Crippen LogP contribution >= 0.6 is 0 Å². The Kier molecular flexibility index (Phi) is 4.78. The fourth-order valence-corrected chi connectivity index (χ4v) is 2.27. The molecular formula is C13H25NO2. The second-order valence-corrected chi connectivity index (χ2v) is 5.71. The molecule has 1 aliphatic carbocycles. The molecule has 0 aromatic heterocycles. The Hall–Kier alpha value is -0.570. The monoisotopic (exact) mass is 227 g/mol. The quantitative estimate of drug-likeness (QED) is 0.785. The first kappa shape index (κ1) is 13.5. The minimum Gasteiger partial charge on any atom is -0.481 e. The van der Waals surface area contributed by atoms with Crippen LogP contribution in [-0.2, 0) is 4.79 Å². The van der Waals surface area contributed by atoms with Gasteiger partial charge >= 0.3 is 5.97 Å². The maximum atomic E-state index is 11.0. The third kappa shape index (κ3) is 3.78. The van der Waals surface area contributed by atoms with E-state index in [1.807, 2.05) is 13.8 Å². The van der Waals surface area contributed by atoms with Crippen molar-refractivity contribution >= 4 is 5.97 Å². The number of hydrogen-bond acceptors (Lipinski definition) is 2. The predicted octanol–water partition coefficient (Wildman–Crippen LogP) is 2.75. The van der Waals surface area contributed by atoms with Gasteiger partial charge in [0.05, 0.1) is 5.41 Å². The lowest BCUT2D eigenvalue weighted by Gasteiger charge is -2.32. The lowest BCUT2D eigenvalue weighted by Crippen LogP contribution is -2.37. The highest BCUT2D eigenvalue weighted by Gasteiger charge is 2.28. The van der Waals surface area contributed by atoms with Crippen LogP contribution in [0.1, 0.15) is 52.4 Å². The number of rotatable bonds is 5. The van der Waals surface area contributed by atoms with Crippen LogP contribution in [0.5, 0.6) is 0 Å². The highest BCUT2D eigenvalue weighted by molar-refractivity contribution is 5.73. The van der Waals surface area contributed by atoms with Gasteiger partial charge in [-0.2, -0.15) is 0 Å². The van der Waals surface area contributed by atoms with Gasteiger partial charge in [0.15, 0.2) is 0 Å². The van der Waals surface area contributed by atoms with E-state index in [0.29, 0.717) is 6.04 Å². The molecule has 0 bridgehead atoms.